The summed E-state index contributed by atoms with van der Waals surface area (Å²) in [6.45, 7) is 3.80. The van der Waals surface area contributed by atoms with E-state index in [1.165, 1.54) is 5.56 Å². The van der Waals surface area contributed by atoms with Crippen molar-refractivity contribution in [1.82, 2.24) is 4.90 Å². The largest absolute Gasteiger partial charge is 0.507 e. The van der Waals surface area contributed by atoms with Gasteiger partial charge in [0.15, 0.2) is 0 Å². The van der Waals surface area contributed by atoms with Gasteiger partial charge in [0, 0.05) is 17.6 Å². The predicted molar refractivity (Wildman–Crippen MR) is 91.9 cm³/mol. The third-order valence-electron chi connectivity index (χ3n) is 3.98. The lowest BCUT2D eigenvalue weighted by Gasteiger charge is -2.29. The molecule has 0 aromatic heterocycles. The number of amides is 1. The van der Waals surface area contributed by atoms with Gasteiger partial charge in [0.1, 0.15) is 11.5 Å². The van der Waals surface area contributed by atoms with Crippen LogP contribution in [0.15, 0.2) is 40.9 Å². The molecule has 1 N–H and O–H groups in total. The number of nitrogens with zero attached hydrogens (tertiary/aromatic N) is 1. The minimum atomic E-state index is -0.144. The summed E-state index contributed by atoms with van der Waals surface area (Å²) in [7, 11) is 0. The molecule has 0 fully saturated rings. The first-order valence-corrected chi connectivity index (χ1v) is 8.40. The van der Waals surface area contributed by atoms with Gasteiger partial charge in [-0.1, -0.05) is 22.0 Å². The van der Waals surface area contributed by atoms with Gasteiger partial charge in [0.25, 0.3) is 5.91 Å². The van der Waals surface area contributed by atoms with Gasteiger partial charge >= 0.3 is 0 Å². The molecule has 1 amide bonds. The molecule has 0 saturated carbocycles. The summed E-state index contributed by atoms with van der Waals surface area (Å²) < 4.78 is 6.27. The number of halogens is 1. The number of fused-ring (bicyclic) bond motifs is 1. The maximum atomic E-state index is 12.6. The van der Waals surface area contributed by atoms with Gasteiger partial charge in [0.2, 0.25) is 0 Å². The second kappa shape index (κ2) is 6.62. The van der Waals surface area contributed by atoms with Crippen LogP contribution in [0, 0.1) is 0 Å². The zero-order valence-corrected chi connectivity index (χ0v) is 14.5. The number of ether oxygens (including phenoxy) is 1. The SMILES string of the molecule is CCOc1ccc2c(c1)CCN(C(=O)c1ccc(Br)cc1O)C2. The fourth-order valence-corrected chi connectivity index (χ4v) is 3.16. The first-order chi connectivity index (χ1) is 11.1. The third-order valence-corrected chi connectivity index (χ3v) is 4.47. The Bertz CT molecular complexity index is 745. The van der Waals surface area contributed by atoms with Gasteiger partial charge in [-0.15, -0.1) is 0 Å². The molecular weight excluding hydrogens is 358 g/mol. The number of benzene rings is 2. The highest BCUT2D eigenvalue weighted by Gasteiger charge is 2.24. The molecular formula is C18H18BrNO3. The van der Waals surface area contributed by atoms with Crippen LogP contribution in [0.4, 0.5) is 0 Å². The van der Waals surface area contributed by atoms with Gasteiger partial charge in [-0.05, 0) is 54.8 Å². The number of aromatic hydroxyl groups is 1. The second-order valence-corrected chi connectivity index (χ2v) is 6.42. The van der Waals surface area contributed by atoms with Crippen LogP contribution in [-0.2, 0) is 13.0 Å². The lowest BCUT2D eigenvalue weighted by molar-refractivity contribution is 0.0731. The van der Waals surface area contributed by atoms with Crippen molar-refractivity contribution >= 4 is 21.8 Å². The monoisotopic (exact) mass is 375 g/mol. The lowest BCUT2D eigenvalue weighted by Crippen LogP contribution is -2.36. The summed E-state index contributed by atoms with van der Waals surface area (Å²) in [6.07, 6.45) is 0.791. The number of hydrogen-bond acceptors (Lipinski definition) is 3. The van der Waals surface area contributed by atoms with E-state index in [4.69, 9.17) is 4.74 Å². The van der Waals surface area contributed by atoms with Crippen LogP contribution in [0.25, 0.3) is 0 Å². The van der Waals surface area contributed by atoms with Crippen molar-refractivity contribution in [3.8, 4) is 11.5 Å². The van der Waals surface area contributed by atoms with E-state index in [1.807, 2.05) is 19.1 Å². The number of carbonyl (C=O) groups excluding carboxylic acids is 1. The molecule has 4 nitrogen and oxygen atoms in total. The quantitative estimate of drug-likeness (QED) is 0.888. The van der Waals surface area contributed by atoms with E-state index < -0.39 is 0 Å². The van der Waals surface area contributed by atoms with E-state index in [-0.39, 0.29) is 11.7 Å². The number of phenolic OH excluding ortho intramolecular Hbond substituents is 1. The Balaban J connectivity index is 1.80. The number of carbonyl (C=O) groups is 1. The zero-order chi connectivity index (χ0) is 16.4. The van der Waals surface area contributed by atoms with Crippen molar-refractivity contribution in [2.45, 2.75) is 19.9 Å². The highest BCUT2D eigenvalue weighted by molar-refractivity contribution is 9.10. The van der Waals surface area contributed by atoms with Crippen LogP contribution in [0.1, 0.15) is 28.4 Å². The van der Waals surface area contributed by atoms with Crippen molar-refractivity contribution in [3.05, 3.63) is 57.6 Å². The smallest absolute Gasteiger partial charge is 0.257 e. The molecule has 5 heteroatoms. The van der Waals surface area contributed by atoms with Crippen LogP contribution in [0.3, 0.4) is 0 Å². The molecule has 0 radical (unpaired) electrons. The summed E-state index contributed by atoms with van der Waals surface area (Å²) in [5.41, 5.74) is 2.69. The van der Waals surface area contributed by atoms with Crippen molar-refractivity contribution in [3.63, 3.8) is 0 Å². The van der Waals surface area contributed by atoms with Crippen molar-refractivity contribution < 1.29 is 14.6 Å². The predicted octanol–water partition coefficient (Wildman–Crippen LogP) is 3.75. The molecule has 0 bridgehead atoms. The lowest BCUT2D eigenvalue weighted by atomic mass is 9.98. The van der Waals surface area contributed by atoms with Gasteiger partial charge in [0.05, 0.1) is 12.2 Å². The van der Waals surface area contributed by atoms with Crippen LogP contribution < -0.4 is 4.74 Å². The van der Waals surface area contributed by atoms with Gasteiger partial charge in [-0.25, -0.2) is 0 Å². The molecule has 2 aromatic rings. The summed E-state index contributed by atoms with van der Waals surface area (Å²) in [6, 6.07) is 11.0. The van der Waals surface area contributed by atoms with Crippen LogP contribution in [-0.4, -0.2) is 29.1 Å². The third kappa shape index (κ3) is 3.34. The zero-order valence-electron chi connectivity index (χ0n) is 12.9. The molecule has 0 saturated heterocycles. The number of rotatable bonds is 3. The fraction of sp³-hybridized carbons (Fsp3) is 0.278. The maximum Gasteiger partial charge on any atom is 0.257 e. The molecule has 1 aliphatic heterocycles. The topological polar surface area (TPSA) is 49.8 Å². The molecule has 3 rings (SSSR count). The minimum Gasteiger partial charge on any atom is -0.507 e. The molecule has 2 aromatic carbocycles. The number of phenols is 1. The average molecular weight is 376 g/mol. The van der Waals surface area contributed by atoms with Gasteiger partial charge < -0.3 is 14.7 Å². The molecule has 0 aliphatic carbocycles. The highest BCUT2D eigenvalue weighted by atomic mass is 79.9. The van der Waals surface area contributed by atoms with E-state index in [9.17, 15) is 9.90 Å². The van der Waals surface area contributed by atoms with Crippen LogP contribution in [0.2, 0.25) is 0 Å². The molecule has 0 atom stereocenters. The highest BCUT2D eigenvalue weighted by Crippen LogP contribution is 2.28. The van der Waals surface area contributed by atoms with E-state index in [0.29, 0.717) is 25.3 Å². The fourth-order valence-electron chi connectivity index (χ4n) is 2.82. The number of hydrogen-bond donors (Lipinski definition) is 1. The average Bonchev–Trinajstić information content (AvgIpc) is 2.54. The molecule has 0 spiro atoms. The van der Waals surface area contributed by atoms with Crippen LogP contribution >= 0.6 is 15.9 Å². The Morgan fingerprint density at radius 1 is 1.26 bits per heavy atom. The molecule has 120 valence electrons. The normalized spacial score (nSPS) is 13.6. The maximum absolute atomic E-state index is 12.6. The first-order valence-electron chi connectivity index (χ1n) is 7.61. The van der Waals surface area contributed by atoms with E-state index >= 15 is 0 Å². The van der Waals surface area contributed by atoms with Crippen molar-refractivity contribution in [1.29, 1.82) is 0 Å². The molecule has 0 unspecified atom stereocenters. The molecule has 23 heavy (non-hydrogen) atoms. The van der Waals surface area contributed by atoms with Gasteiger partial charge in [-0.2, -0.15) is 0 Å². The van der Waals surface area contributed by atoms with E-state index in [1.54, 1.807) is 23.1 Å². The van der Waals surface area contributed by atoms with Crippen LogP contribution in [0.5, 0.6) is 11.5 Å². The minimum absolute atomic E-state index is 0.00173. The van der Waals surface area contributed by atoms with Crippen molar-refractivity contribution in [2.24, 2.45) is 0 Å². The summed E-state index contributed by atoms with van der Waals surface area (Å²) >= 11 is 3.29. The Labute approximate surface area is 143 Å². The van der Waals surface area contributed by atoms with Crippen molar-refractivity contribution in [2.75, 3.05) is 13.2 Å². The second-order valence-electron chi connectivity index (χ2n) is 5.50. The first kappa shape index (κ1) is 15.9. The van der Waals surface area contributed by atoms with E-state index in [2.05, 4.69) is 22.0 Å². The Morgan fingerprint density at radius 3 is 2.83 bits per heavy atom. The molecule has 1 aliphatic rings. The molecule has 1 heterocycles. The summed E-state index contributed by atoms with van der Waals surface area (Å²) in [5.74, 6) is 0.730. The Morgan fingerprint density at radius 2 is 2.09 bits per heavy atom. The Hall–Kier alpha value is -2.01. The summed E-state index contributed by atoms with van der Waals surface area (Å²) in [5, 5.41) is 9.99. The Kier molecular flexibility index (Phi) is 4.57. The van der Waals surface area contributed by atoms with Gasteiger partial charge in [-0.3, -0.25) is 4.79 Å². The summed E-state index contributed by atoms with van der Waals surface area (Å²) in [4.78, 5) is 14.4. The standard InChI is InChI=1S/C18H18BrNO3/c1-2-23-15-5-3-13-11-20(8-7-12(13)9-15)18(22)16-6-4-14(19)10-17(16)21/h3-6,9-10,21H,2,7-8,11H2,1H3. The van der Waals surface area contributed by atoms with E-state index in [0.717, 1.165) is 22.2 Å².